The maximum absolute atomic E-state index is 12.4. The van der Waals surface area contributed by atoms with Crippen molar-refractivity contribution in [2.24, 2.45) is 4.99 Å². The Morgan fingerprint density at radius 2 is 1.83 bits per heavy atom. The van der Waals surface area contributed by atoms with Gasteiger partial charge in [0.2, 0.25) is 0 Å². The van der Waals surface area contributed by atoms with Crippen molar-refractivity contribution < 1.29 is 4.79 Å². The van der Waals surface area contributed by atoms with Crippen LogP contribution in [0.2, 0.25) is 0 Å². The lowest BCUT2D eigenvalue weighted by Crippen LogP contribution is -2.53. The lowest BCUT2D eigenvalue weighted by Gasteiger charge is -2.36. The third-order valence-corrected chi connectivity index (χ3v) is 5.41. The number of hydrogen-bond donors (Lipinski definition) is 1. The molecular weight excluding hydrogens is 320 g/mol. The van der Waals surface area contributed by atoms with E-state index in [1.54, 1.807) is 0 Å². The number of carbonyl (C=O) groups is 1. The number of aliphatic imine (C=N–C) groups is 1. The van der Waals surface area contributed by atoms with E-state index < -0.39 is 0 Å². The minimum atomic E-state index is 0.146. The normalized spacial score (nSPS) is 17.6. The summed E-state index contributed by atoms with van der Waals surface area (Å²) < 4.78 is 0. The Balaban J connectivity index is 1.38. The second-order valence-electron chi connectivity index (χ2n) is 6.02. The van der Waals surface area contributed by atoms with E-state index in [4.69, 9.17) is 4.99 Å². The number of guanidine groups is 1. The molecule has 1 aromatic carbocycles. The molecule has 0 saturated carbocycles. The molecule has 1 aromatic heterocycles. The minimum absolute atomic E-state index is 0.146. The largest absolute Gasteiger partial charge is 0.352 e. The minimum Gasteiger partial charge on any atom is -0.352 e. The number of amides is 1. The molecule has 0 spiro atoms. The van der Waals surface area contributed by atoms with Crippen LogP contribution in [-0.4, -0.2) is 47.8 Å². The topological polar surface area (TPSA) is 47.9 Å². The monoisotopic (exact) mass is 340 g/mol. The van der Waals surface area contributed by atoms with Gasteiger partial charge in [-0.2, -0.15) is 0 Å². The highest BCUT2D eigenvalue weighted by Gasteiger charge is 2.25. The van der Waals surface area contributed by atoms with E-state index in [1.165, 1.54) is 22.5 Å². The molecule has 2 aliphatic rings. The van der Waals surface area contributed by atoms with Gasteiger partial charge in [-0.3, -0.25) is 4.79 Å². The van der Waals surface area contributed by atoms with Crippen LogP contribution in [0.25, 0.3) is 0 Å². The SMILES string of the molecule is O=C(c1cccs1)N1CCN(C2=NCc3ccccc3CN2)CC1. The summed E-state index contributed by atoms with van der Waals surface area (Å²) in [5.41, 5.74) is 2.59. The van der Waals surface area contributed by atoms with Crippen molar-refractivity contribution in [1.82, 2.24) is 15.1 Å². The molecule has 1 N–H and O–H groups in total. The van der Waals surface area contributed by atoms with Crippen molar-refractivity contribution in [3.63, 3.8) is 0 Å². The lowest BCUT2D eigenvalue weighted by molar-refractivity contribution is 0.0694. The second kappa shape index (κ2) is 6.65. The van der Waals surface area contributed by atoms with E-state index in [-0.39, 0.29) is 5.91 Å². The smallest absolute Gasteiger partial charge is 0.264 e. The molecule has 24 heavy (non-hydrogen) atoms. The lowest BCUT2D eigenvalue weighted by atomic mass is 10.1. The molecule has 0 atom stereocenters. The number of nitrogens with one attached hydrogen (secondary N) is 1. The Kier molecular flexibility index (Phi) is 4.21. The Morgan fingerprint density at radius 1 is 1.04 bits per heavy atom. The fraction of sp³-hybridized carbons (Fsp3) is 0.333. The first-order chi connectivity index (χ1) is 11.8. The Bertz CT molecular complexity index is 748. The molecule has 1 amide bonds. The highest BCUT2D eigenvalue weighted by atomic mass is 32.1. The first-order valence-corrected chi connectivity index (χ1v) is 9.12. The molecule has 0 aliphatic carbocycles. The van der Waals surface area contributed by atoms with Gasteiger partial charge in [0.25, 0.3) is 5.91 Å². The van der Waals surface area contributed by atoms with Crippen molar-refractivity contribution in [1.29, 1.82) is 0 Å². The Labute approximate surface area is 145 Å². The van der Waals surface area contributed by atoms with Crippen LogP contribution >= 0.6 is 11.3 Å². The number of rotatable bonds is 1. The van der Waals surface area contributed by atoms with Gasteiger partial charge < -0.3 is 15.1 Å². The van der Waals surface area contributed by atoms with E-state index >= 15 is 0 Å². The zero-order chi connectivity index (χ0) is 16.4. The summed E-state index contributed by atoms with van der Waals surface area (Å²) in [5.74, 6) is 1.10. The molecule has 3 heterocycles. The van der Waals surface area contributed by atoms with Crippen molar-refractivity contribution in [2.75, 3.05) is 26.2 Å². The predicted octanol–water partition coefficient (Wildman–Crippen LogP) is 2.17. The molecule has 0 bridgehead atoms. The zero-order valence-electron chi connectivity index (χ0n) is 13.4. The van der Waals surface area contributed by atoms with Gasteiger partial charge in [0, 0.05) is 32.7 Å². The Morgan fingerprint density at radius 3 is 2.58 bits per heavy atom. The number of carbonyl (C=O) groups excluding carboxylic acids is 1. The average molecular weight is 340 g/mol. The number of fused-ring (bicyclic) bond motifs is 1. The number of thiophene rings is 1. The van der Waals surface area contributed by atoms with Crippen LogP contribution in [0.5, 0.6) is 0 Å². The van der Waals surface area contributed by atoms with Crippen molar-refractivity contribution in [3.8, 4) is 0 Å². The van der Waals surface area contributed by atoms with E-state index in [9.17, 15) is 4.79 Å². The molecule has 1 saturated heterocycles. The fourth-order valence-corrected chi connectivity index (χ4v) is 3.85. The molecule has 0 unspecified atom stereocenters. The molecule has 124 valence electrons. The van der Waals surface area contributed by atoms with Crippen LogP contribution in [0.3, 0.4) is 0 Å². The third-order valence-electron chi connectivity index (χ3n) is 4.55. The van der Waals surface area contributed by atoms with Crippen LogP contribution in [0, 0.1) is 0 Å². The van der Waals surface area contributed by atoms with Gasteiger partial charge in [-0.25, -0.2) is 4.99 Å². The van der Waals surface area contributed by atoms with Crippen LogP contribution in [-0.2, 0) is 13.1 Å². The van der Waals surface area contributed by atoms with E-state index in [0.29, 0.717) is 6.54 Å². The average Bonchev–Trinajstić information content (AvgIpc) is 3.08. The van der Waals surface area contributed by atoms with Crippen LogP contribution < -0.4 is 5.32 Å². The molecule has 2 aliphatic heterocycles. The quantitative estimate of drug-likeness (QED) is 0.865. The number of hydrogen-bond acceptors (Lipinski definition) is 5. The summed E-state index contributed by atoms with van der Waals surface area (Å²) in [4.78, 5) is 22.2. The molecular formula is C18H20N4OS. The van der Waals surface area contributed by atoms with E-state index in [1.807, 2.05) is 22.4 Å². The molecule has 1 fully saturated rings. The van der Waals surface area contributed by atoms with Gasteiger partial charge in [0.05, 0.1) is 11.4 Å². The third kappa shape index (κ3) is 3.01. The van der Waals surface area contributed by atoms with Gasteiger partial charge in [0.15, 0.2) is 5.96 Å². The van der Waals surface area contributed by atoms with E-state index in [0.717, 1.165) is 43.6 Å². The summed E-state index contributed by atoms with van der Waals surface area (Å²) in [6, 6.07) is 12.2. The maximum atomic E-state index is 12.4. The number of nitrogens with zero attached hydrogens (tertiary/aromatic N) is 3. The second-order valence-corrected chi connectivity index (χ2v) is 6.97. The Hall–Kier alpha value is -2.34. The molecule has 0 radical (unpaired) electrons. The molecule has 2 aromatic rings. The van der Waals surface area contributed by atoms with E-state index in [2.05, 4.69) is 34.5 Å². The van der Waals surface area contributed by atoms with Crippen LogP contribution in [0.1, 0.15) is 20.8 Å². The standard InChI is InChI=1S/C18H20N4OS/c23-17(16-6-3-11-24-16)21-7-9-22(10-8-21)18-19-12-14-4-1-2-5-15(14)13-20-18/h1-6,11H,7-10,12-13H2,(H,19,20). The first-order valence-electron chi connectivity index (χ1n) is 8.24. The van der Waals surface area contributed by atoms with Crippen molar-refractivity contribution in [3.05, 3.63) is 57.8 Å². The van der Waals surface area contributed by atoms with Gasteiger partial charge >= 0.3 is 0 Å². The molecule has 5 nitrogen and oxygen atoms in total. The first kappa shape index (κ1) is 15.2. The van der Waals surface area contributed by atoms with Gasteiger partial charge in [-0.05, 0) is 22.6 Å². The summed E-state index contributed by atoms with van der Waals surface area (Å²) in [5, 5.41) is 5.40. The number of benzene rings is 1. The summed E-state index contributed by atoms with van der Waals surface area (Å²) >= 11 is 1.51. The fourth-order valence-electron chi connectivity index (χ4n) is 3.16. The maximum Gasteiger partial charge on any atom is 0.264 e. The summed E-state index contributed by atoms with van der Waals surface area (Å²) in [6.07, 6.45) is 0. The van der Waals surface area contributed by atoms with Gasteiger partial charge in [-0.1, -0.05) is 30.3 Å². The number of piperazine rings is 1. The summed E-state index contributed by atoms with van der Waals surface area (Å²) in [7, 11) is 0. The van der Waals surface area contributed by atoms with Crippen LogP contribution in [0.4, 0.5) is 0 Å². The molecule has 4 rings (SSSR count). The highest BCUT2D eigenvalue weighted by Crippen LogP contribution is 2.16. The summed E-state index contributed by atoms with van der Waals surface area (Å²) in [6.45, 7) is 4.64. The van der Waals surface area contributed by atoms with Crippen molar-refractivity contribution in [2.45, 2.75) is 13.1 Å². The van der Waals surface area contributed by atoms with Gasteiger partial charge in [0.1, 0.15) is 0 Å². The molecule has 6 heteroatoms. The predicted molar refractivity (Wildman–Crippen MR) is 96.2 cm³/mol. The highest BCUT2D eigenvalue weighted by molar-refractivity contribution is 7.12. The van der Waals surface area contributed by atoms with Crippen molar-refractivity contribution >= 4 is 23.2 Å². The zero-order valence-corrected chi connectivity index (χ0v) is 14.3. The van der Waals surface area contributed by atoms with Crippen LogP contribution in [0.15, 0.2) is 46.8 Å². The van der Waals surface area contributed by atoms with Gasteiger partial charge in [-0.15, -0.1) is 11.3 Å².